The number of nitrogen functional groups attached to an aromatic ring is 1. The fourth-order valence-electron chi connectivity index (χ4n) is 2.54. The highest BCUT2D eigenvalue weighted by molar-refractivity contribution is 5.30. The van der Waals surface area contributed by atoms with E-state index in [0.717, 1.165) is 25.3 Å². The zero-order valence-electron chi connectivity index (χ0n) is 13.1. The lowest BCUT2D eigenvalue weighted by Gasteiger charge is -2.32. The molecule has 0 saturated carbocycles. The smallest absolute Gasteiger partial charge is 0.227 e. The predicted octanol–water partition coefficient (Wildman–Crippen LogP) is 0.854. The maximum Gasteiger partial charge on any atom is 0.227 e. The van der Waals surface area contributed by atoms with E-state index in [9.17, 15) is 0 Å². The van der Waals surface area contributed by atoms with Crippen LogP contribution in [0.1, 0.15) is 24.5 Å². The first kappa shape index (κ1) is 15.6. The van der Waals surface area contributed by atoms with Crippen LogP contribution in [0.25, 0.3) is 0 Å². The summed E-state index contributed by atoms with van der Waals surface area (Å²) in [5, 5.41) is 3.07. The van der Waals surface area contributed by atoms with Crippen molar-refractivity contribution in [3.8, 4) is 0 Å². The Kier molecular flexibility index (Phi) is 4.94. The van der Waals surface area contributed by atoms with Gasteiger partial charge in [-0.1, -0.05) is 6.07 Å². The maximum atomic E-state index is 5.82. The number of nitrogens with two attached hydrogens (primary N) is 1. The molecular formula is C15H21N7O. The van der Waals surface area contributed by atoms with Crippen molar-refractivity contribution in [1.29, 1.82) is 0 Å². The standard InChI is InChI=1S/C15H21N7O/c1-2-17-15-20-13(19-14(16)21-15)10-22-7-8-23-12(9-22)11-5-3-4-6-18-11/h3-6,12H,2,7-10H2,1H3,(H3,16,17,19,20,21). The van der Waals surface area contributed by atoms with E-state index in [1.54, 1.807) is 6.20 Å². The van der Waals surface area contributed by atoms with Gasteiger partial charge in [-0.15, -0.1) is 0 Å². The van der Waals surface area contributed by atoms with Crippen molar-refractivity contribution in [2.75, 3.05) is 37.3 Å². The monoisotopic (exact) mass is 315 g/mol. The minimum Gasteiger partial charge on any atom is -0.369 e. The van der Waals surface area contributed by atoms with E-state index in [1.165, 1.54) is 0 Å². The van der Waals surface area contributed by atoms with E-state index in [0.29, 0.717) is 24.9 Å². The van der Waals surface area contributed by atoms with Gasteiger partial charge in [0.2, 0.25) is 11.9 Å². The Morgan fingerprint density at radius 2 is 2.26 bits per heavy atom. The van der Waals surface area contributed by atoms with E-state index >= 15 is 0 Å². The van der Waals surface area contributed by atoms with Crippen molar-refractivity contribution >= 4 is 11.9 Å². The number of hydrogen-bond acceptors (Lipinski definition) is 8. The number of anilines is 2. The summed E-state index contributed by atoms with van der Waals surface area (Å²) >= 11 is 0. The number of rotatable bonds is 5. The lowest BCUT2D eigenvalue weighted by Crippen LogP contribution is -2.38. The fraction of sp³-hybridized carbons (Fsp3) is 0.467. The Morgan fingerprint density at radius 1 is 1.35 bits per heavy atom. The van der Waals surface area contributed by atoms with E-state index in [2.05, 4.69) is 30.2 Å². The summed E-state index contributed by atoms with van der Waals surface area (Å²) in [4.78, 5) is 19.3. The molecule has 0 radical (unpaired) electrons. The molecule has 1 fully saturated rings. The molecule has 0 bridgehead atoms. The first-order valence-electron chi connectivity index (χ1n) is 7.73. The molecule has 1 saturated heterocycles. The van der Waals surface area contributed by atoms with Gasteiger partial charge in [-0.05, 0) is 19.1 Å². The number of hydrogen-bond donors (Lipinski definition) is 2. The van der Waals surface area contributed by atoms with Crippen molar-refractivity contribution < 1.29 is 4.74 Å². The Bertz CT molecular complexity index is 637. The summed E-state index contributed by atoms with van der Waals surface area (Å²) in [7, 11) is 0. The number of ether oxygens (including phenoxy) is 1. The topological polar surface area (TPSA) is 102 Å². The van der Waals surface area contributed by atoms with Crippen LogP contribution in [-0.4, -0.2) is 51.1 Å². The molecule has 2 aromatic heterocycles. The minimum absolute atomic E-state index is 0.0302. The molecule has 3 rings (SSSR count). The predicted molar refractivity (Wildman–Crippen MR) is 86.6 cm³/mol. The zero-order valence-corrected chi connectivity index (χ0v) is 13.1. The summed E-state index contributed by atoms with van der Waals surface area (Å²) < 4.78 is 5.82. The molecule has 3 N–H and O–H groups in total. The van der Waals surface area contributed by atoms with Gasteiger partial charge in [-0.3, -0.25) is 9.88 Å². The molecule has 1 atom stereocenters. The largest absolute Gasteiger partial charge is 0.369 e. The number of pyridine rings is 1. The van der Waals surface area contributed by atoms with Crippen LogP contribution in [0.2, 0.25) is 0 Å². The molecule has 0 aromatic carbocycles. The second-order valence-electron chi connectivity index (χ2n) is 5.31. The molecule has 1 aliphatic rings. The van der Waals surface area contributed by atoms with Crippen LogP contribution in [0, 0.1) is 0 Å². The average Bonchev–Trinajstić information content (AvgIpc) is 2.56. The Balaban J connectivity index is 1.68. The van der Waals surface area contributed by atoms with E-state index < -0.39 is 0 Å². The molecule has 0 aliphatic carbocycles. The van der Waals surface area contributed by atoms with Crippen LogP contribution in [0.3, 0.4) is 0 Å². The highest BCUT2D eigenvalue weighted by Gasteiger charge is 2.23. The van der Waals surface area contributed by atoms with E-state index in [4.69, 9.17) is 10.5 Å². The van der Waals surface area contributed by atoms with Gasteiger partial charge >= 0.3 is 0 Å². The van der Waals surface area contributed by atoms with Crippen LogP contribution in [-0.2, 0) is 11.3 Å². The minimum atomic E-state index is -0.0302. The molecule has 0 spiro atoms. The molecular weight excluding hydrogens is 294 g/mol. The van der Waals surface area contributed by atoms with Crippen LogP contribution in [0.5, 0.6) is 0 Å². The normalized spacial score (nSPS) is 18.7. The molecule has 3 heterocycles. The fourth-order valence-corrected chi connectivity index (χ4v) is 2.54. The Labute approximate surface area is 135 Å². The molecule has 8 nitrogen and oxygen atoms in total. The second kappa shape index (κ2) is 7.30. The third kappa shape index (κ3) is 4.11. The van der Waals surface area contributed by atoms with Gasteiger partial charge in [-0.2, -0.15) is 15.0 Å². The lowest BCUT2D eigenvalue weighted by molar-refractivity contribution is -0.0357. The second-order valence-corrected chi connectivity index (χ2v) is 5.31. The third-order valence-corrected chi connectivity index (χ3v) is 3.57. The van der Waals surface area contributed by atoms with Gasteiger partial charge < -0.3 is 15.8 Å². The quantitative estimate of drug-likeness (QED) is 0.837. The molecule has 2 aromatic rings. The number of aromatic nitrogens is 4. The molecule has 122 valence electrons. The third-order valence-electron chi connectivity index (χ3n) is 3.57. The number of morpholine rings is 1. The van der Waals surface area contributed by atoms with Gasteiger partial charge in [0.05, 0.1) is 18.8 Å². The van der Waals surface area contributed by atoms with Crippen molar-refractivity contribution in [1.82, 2.24) is 24.8 Å². The van der Waals surface area contributed by atoms with Gasteiger partial charge in [-0.25, -0.2) is 0 Å². The number of nitrogens with one attached hydrogen (secondary N) is 1. The van der Waals surface area contributed by atoms with Crippen molar-refractivity contribution in [2.24, 2.45) is 0 Å². The molecule has 8 heteroatoms. The highest BCUT2D eigenvalue weighted by atomic mass is 16.5. The average molecular weight is 315 g/mol. The highest BCUT2D eigenvalue weighted by Crippen LogP contribution is 2.21. The van der Waals surface area contributed by atoms with Crippen LogP contribution < -0.4 is 11.1 Å². The maximum absolute atomic E-state index is 5.82. The summed E-state index contributed by atoms with van der Waals surface area (Å²) in [6.45, 7) is 5.56. The molecule has 0 amide bonds. The first-order chi connectivity index (χ1) is 11.2. The summed E-state index contributed by atoms with van der Waals surface area (Å²) in [6.07, 6.45) is 1.75. The van der Waals surface area contributed by atoms with Crippen molar-refractivity contribution in [3.05, 3.63) is 35.9 Å². The lowest BCUT2D eigenvalue weighted by atomic mass is 10.2. The van der Waals surface area contributed by atoms with Gasteiger partial charge in [0, 0.05) is 25.8 Å². The molecule has 1 aliphatic heterocycles. The van der Waals surface area contributed by atoms with Gasteiger partial charge in [0.15, 0.2) is 0 Å². The number of nitrogens with zero attached hydrogens (tertiary/aromatic N) is 5. The Morgan fingerprint density at radius 3 is 3.04 bits per heavy atom. The summed E-state index contributed by atoms with van der Waals surface area (Å²) in [5.74, 6) is 1.42. The molecule has 1 unspecified atom stereocenters. The van der Waals surface area contributed by atoms with E-state index in [1.807, 2.05) is 25.1 Å². The SMILES string of the molecule is CCNc1nc(N)nc(CN2CCOC(c3ccccn3)C2)n1. The Hall–Kier alpha value is -2.32. The van der Waals surface area contributed by atoms with E-state index in [-0.39, 0.29) is 12.1 Å². The van der Waals surface area contributed by atoms with Crippen LogP contribution in [0.15, 0.2) is 24.4 Å². The van der Waals surface area contributed by atoms with Crippen LogP contribution in [0.4, 0.5) is 11.9 Å². The van der Waals surface area contributed by atoms with Crippen LogP contribution >= 0.6 is 0 Å². The van der Waals surface area contributed by atoms with Crippen molar-refractivity contribution in [2.45, 2.75) is 19.6 Å². The summed E-state index contributed by atoms with van der Waals surface area (Å²) in [6, 6.07) is 5.86. The molecule has 23 heavy (non-hydrogen) atoms. The summed E-state index contributed by atoms with van der Waals surface area (Å²) in [5.41, 5.74) is 6.70. The van der Waals surface area contributed by atoms with Gasteiger partial charge in [0.1, 0.15) is 11.9 Å². The zero-order chi connectivity index (χ0) is 16.1. The van der Waals surface area contributed by atoms with Crippen molar-refractivity contribution in [3.63, 3.8) is 0 Å². The first-order valence-corrected chi connectivity index (χ1v) is 7.73. The van der Waals surface area contributed by atoms with Gasteiger partial charge in [0.25, 0.3) is 0 Å².